The summed E-state index contributed by atoms with van der Waals surface area (Å²) in [7, 11) is 0. The van der Waals surface area contributed by atoms with Crippen LogP contribution in [0.4, 0.5) is 0 Å². The molecular formula is C14H28. The van der Waals surface area contributed by atoms with Crippen LogP contribution >= 0.6 is 0 Å². The standard InChI is InChI=1S/C14H28/c1-7-10(3)11(4)12(8-2)13-9-14(13,5)6/h10-13H,7-9H2,1-6H3. The summed E-state index contributed by atoms with van der Waals surface area (Å²) in [6, 6.07) is 0. The fraction of sp³-hybridized carbons (Fsp3) is 1.00. The van der Waals surface area contributed by atoms with Crippen LogP contribution in [0.3, 0.4) is 0 Å². The summed E-state index contributed by atoms with van der Waals surface area (Å²) in [4.78, 5) is 0. The summed E-state index contributed by atoms with van der Waals surface area (Å²) in [6.07, 6.45) is 4.18. The van der Waals surface area contributed by atoms with E-state index in [0.29, 0.717) is 5.41 Å². The minimum Gasteiger partial charge on any atom is -0.0651 e. The maximum Gasteiger partial charge on any atom is -0.0320 e. The van der Waals surface area contributed by atoms with E-state index in [1.54, 1.807) is 0 Å². The zero-order chi connectivity index (χ0) is 10.9. The van der Waals surface area contributed by atoms with Crippen LogP contribution in [0, 0.1) is 29.1 Å². The van der Waals surface area contributed by atoms with Crippen molar-refractivity contribution >= 4 is 0 Å². The smallest absolute Gasteiger partial charge is 0.0320 e. The lowest BCUT2D eigenvalue weighted by molar-refractivity contribution is 0.205. The molecule has 1 fully saturated rings. The second kappa shape index (κ2) is 4.24. The van der Waals surface area contributed by atoms with E-state index >= 15 is 0 Å². The van der Waals surface area contributed by atoms with Crippen LogP contribution < -0.4 is 0 Å². The summed E-state index contributed by atoms with van der Waals surface area (Å²) in [5.74, 6) is 3.80. The summed E-state index contributed by atoms with van der Waals surface area (Å²) in [5.41, 5.74) is 0.655. The Morgan fingerprint density at radius 2 is 1.64 bits per heavy atom. The fourth-order valence-electron chi connectivity index (χ4n) is 3.06. The van der Waals surface area contributed by atoms with E-state index < -0.39 is 0 Å². The minimum absolute atomic E-state index is 0.655. The van der Waals surface area contributed by atoms with Crippen molar-refractivity contribution in [3.63, 3.8) is 0 Å². The molecule has 0 N–H and O–H groups in total. The van der Waals surface area contributed by atoms with Crippen molar-refractivity contribution in [2.24, 2.45) is 29.1 Å². The van der Waals surface area contributed by atoms with Gasteiger partial charge in [-0.1, -0.05) is 54.4 Å². The maximum absolute atomic E-state index is 2.47. The fourth-order valence-corrected chi connectivity index (χ4v) is 3.06. The normalized spacial score (nSPS) is 30.9. The first-order valence-electron chi connectivity index (χ1n) is 6.44. The molecule has 0 heterocycles. The lowest BCUT2D eigenvalue weighted by Crippen LogP contribution is -2.21. The Morgan fingerprint density at radius 3 is 1.93 bits per heavy atom. The Kier molecular flexibility index (Phi) is 3.66. The van der Waals surface area contributed by atoms with Gasteiger partial charge in [-0.3, -0.25) is 0 Å². The first-order valence-corrected chi connectivity index (χ1v) is 6.44. The molecule has 0 heteroatoms. The predicted molar refractivity (Wildman–Crippen MR) is 64.3 cm³/mol. The van der Waals surface area contributed by atoms with Gasteiger partial charge in [0.2, 0.25) is 0 Å². The Bertz CT molecular complexity index is 180. The van der Waals surface area contributed by atoms with Crippen molar-refractivity contribution < 1.29 is 0 Å². The third-order valence-corrected chi connectivity index (χ3v) is 4.79. The third kappa shape index (κ3) is 2.32. The highest BCUT2D eigenvalue weighted by molar-refractivity contribution is 4.99. The number of hydrogen-bond donors (Lipinski definition) is 0. The van der Waals surface area contributed by atoms with Gasteiger partial charge in [-0.15, -0.1) is 0 Å². The maximum atomic E-state index is 2.47. The van der Waals surface area contributed by atoms with Crippen LogP contribution in [0.2, 0.25) is 0 Å². The summed E-state index contributed by atoms with van der Waals surface area (Å²) in [5, 5.41) is 0. The van der Waals surface area contributed by atoms with E-state index in [9.17, 15) is 0 Å². The van der Waals surface area contributed by atoms with Crippen LogP contribution in [0.15, 0.2) is 0 Å². The summed E-state index contributed by atoms with van der Waals surface area (Å²) in [6.45, 7) is 14.5. The molecule has 14 heavy (non-hydrogen) atoms. The van der Waals surface area contributed by atoms with Gasteiger partial charge in [-0.05, 0) is 35.5 Å². The summed E-state index contributed by atoms with van der Waals surface area (Å²) < 4.78 is 0. The van der Waals surface area contributed by atoms with Gasteiger partial charge in [-0.2, -0.15) is 0 Å². The Hall–Kier alpha value is 0. The molecule has 0 aromatic carbocycles. The SMILES string of the molecule is CCC(C)C(C)C(CC)C1CC1(C)C. The van der Waals surface area contributed by atoms with Crippen molar-refractivity contribution in [1.29, 1.82) is 0 Å². The second-order valence-electron chi connectivity index (χ2n) is 6.12. The van der Waals surface area contributed by atoms with Gasteiger partial charge in [0.15, 0.2) is 0 Å². The molecule has 0 aromatic rings. The molecule has 4 atom stereocenters. The summed E-state index contributed by atoms with van der Waals surface area (Å²) >= 11 is 0. The highest BCUT2D eigenvalue weighted by Crippen LogP contribution is 2.58. The van der Waals surface area contributed by atoms with Gasteiger partial charge in [0.25, 0.3) is 0 Å². The van der Waals surface area contributed by atoms with E-state index in [1.807, 2.05) is 0 Å². The first kappa shape index (κ1) is 12.1. The molecule has 84 valence electrons. The molecule has 0 aliphatic heterocycles. The topological polar surface area (TPSA) is 0 Å². The highest BCUT2D eigenvalue weighted by Gasteiger charge is 2.50. The lowest BCUT2D eigenvalue weighted by Gasteiger charge is -2.29. The van der Waals surface area contributed by atoms with E-state index in [-0.39, 0.29) is 0 Å². The van der Waals surface area contributed by atoms with Crippen LogP contribution in [0.1, 0.15) is 60.8 Å². The highest BCUT2D eigenvalue weighted by atomic mass is 14.6. The van der Waals surface area contributed by atoms with E-state index in [1.165, 1.54) is 19.3 Å². The van der Waals surface area contributed by atoms with Gasteiger partial charge < -0.3 is 0 Å². The van der Waals surface area contributed by atoms with Crippen LogP contribution in [-0.4, -0.2) is 0 Å². The Labute approximate surface area is 90.5 Å². The average Bonchev–Trinajstić information content (AvgIpc) is 2.75. The van der Waals surface area contributed by atoms with E-state index in [0.717, 1.165) is 23.7 Å². The number of hydrogen-bond acceptors (Lipinski definition) is 0. The van der Waals surface area contributed by atoms with Crippen molar-refractivity contribution in [1.82, 2.24) is 0 Å². The third-order valence-electron chi connectivity index (χ3n) is 4.79. The van der Waals surface area contributed by atoms with Crippen LogP contribution in [0.25, 0.3) is 0 Å². The molecule has 1 aliphatic rings. The van der Waals surface area contributed by atoms with E-state index in [4.69, 9.17) is 0 Å². The quantitative estimate of drug-likeness (QED) is 0.595. The minimum atomic E-state index is 0.655. The molecule has 0 radical (unpaired) electrons. The molecule has 0 aromatic heterocycles. The zero-order valence-corrected chi connectivity index (χ0v) is 10.9. The Morgan fingerprint density at radius 1 is 1.14 bits per heavy atom. The second-order valence-corrected chi connectivity index (χ2v) is 6.12. The number of rotatable bonds is 5. The largest absolute Gasteiger partial charge is 0.0651 e. The van der Waals surface area contributed by atoms with Gasteiger partial charge in [0.1, 0.15) is 0 Å². The molecule has 0 nitrogen and oxygen atoms in total. The molecule has 1 aliphatic carbocycles. The zero-order valence-electron chi connectivity index (χ0n) is 10.9. The molecule has 0 amide bonds. The van der Waals surface area contributed by atoms with Crippen LogP contribution in [-0.2, 0) is 0 Å². The molecule has 1 saturated carbocycles. The predicted octanol–water partition coefficient (Wildman–Crippen LogP) is 4.74. The molecule has 1 rings (SSSR count). The average molecular weight is 196 g/mol. The van der Waals surface area contributed by atoms with Crippen molar-refractivity contribution in [2.45, 2.75) is 60.8 Å². The molecule has 0 saturated heterocycles. The van der Waals surface area contributed by atoms with Crippen LogP contribution in [0.5, 0.6) is 0 Å². The van der Waals surface area contributed by atoms with Crippen molar-refractivity contribution in [2.75, 3.05) is 0 Å². The van der Waals surface area contributed by atoms with Crippen molar-refractivity contribution in [3.8, 4) is 0 Å². The molecule has 0 bridgehead atoms. The van der Waals surface area contributed by atoms with Gasteiger partial charge in [0, 0.05) is 0 Å². The first-order chi connectivity index (χ1) is 6.44. The van der Waals surface area contributed by atoms with Crippen molar-refractivity contribution in [3.05, 3.63) is 0 Å². The Balaban J connectivity index is 2.55. The molecule has 4 unspecified atom stereocenters. The lowest BCUT2D eigenvalue weighted by atomic mass is 9.77. The monoisotopic (exact) mass is 196 g/mol. The molecular weight excluding hydrogens is 168 g/mol. The van der Waals surface area contributed by atoms with E-state index in [2.05, 4.69) is 41.5 Å². The molecule has 0 spiro atoms. The van der Waals surface area contributed by atoms with Gasteiger partial charge in [0.05, 0.1) is 0 Å². The van der Waals surface area contributed by atoms with Gasteiger partial charge in [-0.25, -0.2) is 0 Å². The van der Waals surface area contributed by atoms with Gasteiger partial charge >= 0.3 is 0 Å².